The normalized spacial score (nSPS) is 25.0. The molecule has 2 aliphatic heterocycles. The van der Waals surface area contributed by atoms with Crippen molar-refractivity contribution < 1.29 is 41.9 Å². The van der Waals surface area contributed by atoms with Gasteiger partial charge in [0.05, 0.1) is 6.04 Å². The molecule has 47 heavy (non-hydrogen) atoms. The van der Waals surface area contributed by atoms with E-state index in [9.17, 15) is 37.1 Å². The number of alkyl halides is 3. The lowest BCUT2D eigenvalue weighted by molar-refractivity contribution is -0.144. The summed E-state index contributed by atoms with van der Waals surface area (Å²) in [7, 11) is 0. The number of carbonyl (C=O) groups excluding carboxylic acids is 5. The van der Waals surface area contributed by atoms with Gasteiger partial charge in [-0.05, 0) is 66.7 Å². The number of likely N-dealkylation sites (tertiary alicyclic amines) is 1. The van der Waals surface area contributed by atoms with Crippen LogP contribution in [0.2, 0.25) is 0 Å². The van der Waals surface area contributed by atoms with Crippen molar-refractivity contribution in [3.63, 3.8) is 0 Å². The number of ether oxygens (including phenoxy) is 1. The van der Waals surface area contributed by atoms with Gasteiger partial charge in [-0.25, -0.2) is 0 Å². The molecule has 250 valence electrons. The van der Waals surface area contributed by atoms with Crippen molar-refractivity contribution in [1.29, 1.82) is 0 Å². The van der Waals surface area contributed by atoms with E-state index in [1.54, 1.807) is 24.3 Å². The summed E-state index contributed by atoms with van der Waals surface area (Å²) < 4.78 is 44.2. The van der Waals surface area contributed by atoms with Crippen molar-refractivity contribution in [2.45, 2.75) is 63.8 Å². The second kappa shape index (κ2) is 12.3. The van der Waals surface area contributed by atoms with Crippen molar-refractivity contribution >= 4 is 29.4 Å². The topological polar surface area (TPSA) is 147 Å². The SMILES string of the molecule is CC1(C)[C@@H]2[C@@H](C(=O)N[C@@H](C[C@@H]3CCNC3=O)C(=O)C(=O)NC3CC3)N(C(=O)COc3ccc(-c4ccc(C(F)(F)F)nc4)cc3)C[C@@H]21. The monoisotopic (exact) mass is 655 g/mol. The first kappa shape index (κ1) is 32.5. The number of hydrogen-bond donors (Lipinski definition) is 3. The van der Waals surface area contributed by atoms with E-state index in [0.717, 1.165) is 25.1 Å². The van der Waals surface area contributed by atoms with Crippen molar-refractivity contribution in [3.8, 4) is 16.9 Å². The van der Waals surface area contributed by atoms with Crippen LogP contribution in [-0.2, 0) is 30.1 Å². The number of ketones is 1. The van der Waals surface area contributed by atoms with Crippen LogP contribution in [0.1, 0.15) is 45.2 Å². The van der Waals surface area contributed by atoms with Crippen molar-refractivity contribution in [1.82, 2.24) is 25.8 Å². The molecule has 0 unspecified atom stereocenters. The first-order valence-electron chi connectivity index (χ1n) is 15.7. The zero-order valence-corrected chi connectivity index (χ0v) is 25.9. The lowest BCUT2D eigenvalue weighted by atomic mass is 9.94. The lowest BCUT2D eigenvalue weighted by Crippen LogP contribution is -2.56. The molecule has 2 saturated carbocycles. The highest BCUT2D eigenvalue weighted by atomic mass is 19.4. The van der Waals surface area contributed by atoms with Crippen LogP contribution in [0, 0.1) is 23.2 Å². The predicted molar refractivity (Wildman–Crippen MR) is 160 cm³/mol. The summed E-state index contributed by atoms with van der Waals surface area (Å²) >= 11 is 0. The van der Waals surface area contributed by atoms with E-state index in [0.29, 0.717) is 36.4 Å². The van der Waals surface area contributed by atoms with Crippen LogP contribution < -0.4 is 20.7 Å². The summed E-state index contributed by atoms with van der Waals surface area (Å²) in [6.45, 7) is 4.43. The Hall–Kier alpha value is -4.49. The molecule has 2 aliphatic carbocycles. The van der Waals surface area contributed by atoms with Gasteiger partial charge in [-0.15, -0.1) is 0 Å². The van der Waals surface area contributed by atoms with E-state index in [2.05, 4.69) is 20.9 Å². The van der Waals surface area contributed by atoms with Gasteiger partial charge in [-0.1, -0.05) is 32.0 Å². The van der Waals surface area contributed by atoms with Gasteiger partial charge in [-0.2, -0.15) is 13.2 Å². The maximum atomic E-state index is 13.8. The minimum absolute atomic E-state index is 0.0196. The number of piperidine rings is 1. The molecule has 4 amide bonds. The van der Waals surface area contributed by atoms with Crippen molar-refractivity contribution in [3.05, 3.63) is 48.3 Å². The number of nitrogens with zero attached hydrogens (tertiary/aromatic N) is 2. The van der Waals surface area contributed by atoms with Crippen LogP contribution in [0.4, 0.5) is 13.2 Å². The molecule has 4 aliphatic rings. The van der Waals surface area contributed by atoms with Gasteiger partial charge in [-0.3, -0.25) is 29.0 Å². The Morgan fingerprint density at radius 3 is 2.36 bits per heavy atom. The number of halogens is 3. The van der Waals surface area contributed by atoms with E-state index in [1.807, 2.05) is 13.8 Å². The molecule has 0 radical (unpaired) electrons. The van der Waals surface area contributed by atoms with E-state index >= 15 is 0 Å². The molecule has 5 atom stereocenters. The van der Waals surface area contributed by atoms with E-state index < -0.39 is 53.4 Å². The first-order chi connectivity index (χ1) is 22.2. The number of carbonyl (C=O) groups is 5. The fourth-order valence-electron chi connectivity index (χ4n) is 6.83. The van der Waals surface area contributed by atoms with Gasteiger partial charge in [0.15, 0.2) is 6.61 Å². The molecule has 11 nitrogen and oxygen atoms in total. The summed E-state index contributed by atoms with van der Waals surface area (Å²) in [6.07, 6.45) is -1.38. The van der Waals surface area contributed by atoms with Gasteiger partial charge >= 0.3 is 6.18 Å². The number of pyridine rings is 1. The van der Waals surface area contributed by atoms with Gasteiger partial charge in [0, 0.05) is 36.8 Å². The van der Waals surface area contributed by atoms with Gasteiger partial charge in [0.2, 0.25) is 17.6 Å². The average molecular weight is 656 g/mol. The summed E-state index contributed by atoms with van der Waals surface area (Å²) in [5.41, 5.74) is -0.120. The molecule has 6 rings (SSSR count). The molecule has 14 heteroatoms. The molecule has 3 N–H and O–H groups in total. The van der Waals surface area contributed by atoms with Gasteiger partial charge in [0.1, 0.15) is 17.5 Å². The smallest absolute Gasteiger partial charge is 0.433 e. The summed E-state index contributed by atoms with van der Waals surface area (Å²) in [5, 5.41) is 8.11. The molecule has 1 aromatic heterocycles. The molecule has 2 saturated heterocycles. The number of nitrogens with one attached hydrogen (secondary N) is 3. The minimum Gasteiger partial charge on any atom is -0.484 e. The van der Waals surface area contributed by atoms with Crippen molar-refractivity contribution in [2.24, 2.45) is 23.2 Å². The van der Waals surface area contributed by atoms with Gasteiger partial charge < -0.3 is 25.6 Å². The standard InChI is InChI=1S/C33H36F3N5O6/c1-32(2)22-15-41(25(42)16-47-21-8-3-17(4-9-21)19-5-10-24(38-14-19)33(34,35)36)27(26(22)32)30(45)40-23(13-18-11-12-37-29(18)44)28(43)31(46)39-20-6-7-20/h3-5,8-10,14,18,20,22-23,26-27H,6-7,11-13,15-16H2,1-2H3,(H,37,44)(H,39,46)(H,40,45)/t18-,22-,23-,26-,27-/m0/s1. The van der Waals surface area contributed by atoms with Crippen LogP contribution in [0.5, 0.6) is 5.75 Å². The Morgan fingerprint density at radius 1 is 1.06 bits per heavy atom. The predicted octanol–water partition coefficient (Wildman–Crippen LogP) is 2.49. The Labute approximate surface area is 269 Å². The molecule has 3 heterocycles. The summed E-state index contributed by atoms with van der Waals surface area (Å²) in [5.74, 6) is -3.12. The Balaban J connectivity index is 1.11. The number of rotatable bonds is 11. The van der Waals surface area contributed by atoms with E-state index in [-0.39, 0.29) is 42.2 Å². The molecule has 0 bridgehead atoms. The maximum absolute atomic E-state index is 13.8. The quantitative estimate of drug-likeness (QED) is 0.316. The zero-order chi connectivity index (χ0) is 33.7. The van der Waals surface area contributed by atoms with Crippen LogP contribution in [-0.4, -0.2) is 77.1 Å². The third-order valence-corrected chi connectivity index (χ3v) is 9.85. The minimum atomic E-state index is -4.53. The molecular formula is C33H36F3N5O6. The highest BCUT2D eigenvalue weighted by Crippen LogP contribution is 2.64. The maximum Gasteiger partial charge on any atom is 0.433 e. The van der Waals surface area contributed by atoms with E-state index in [4.69, 9.17) is 4.74 Å². The third-order valence-electron chi connectivity index (χ3n) is 9.85. The van der Waals surface area contributed by atoms with Crippen LogP contribution in [0.3, 0.4) is 0 Å². The first-order valence-corrected chi connectivity index (χ1v) is 15.7. The third kappa shape index (κ3) is 6.82. The van der Waals surface area contributed by atoms with Gasteiger partial charge in [0.25, 0.3) is 11.8 Å². The summed E-state index contributed by atoms with van der Waals surface area (Å²) in [6, 6.07) is 6.48. The number of benzene rings is 1. The largest absolute Gasteiger partial charge is 0.484 e. The Kier molecular flexibility index (Phi) is 8.47. The molecular weight excluding hydrogens is 619 g/mol. The fourth-order valence-corrected chi connectivity index (χ4v) is 6.83. The second-order valence-corrected chi connectivity index (χ2v) is 13.4. The van der Waals surface area contributed by atoms with Crippen LogP contribution in [0.25, 0.3) is 11.1 Å². The molecule has 4 fully saturated rings. The number of Topliss-reactive ketones (excluding diaryl/α,β-unsaturated/α-hetero) is 1. The number of hydrogen-bond acceptors (Lipinski definition) is 7. The van der Waals surface area contributed by atoms with Crippen LogP contribution >= 0.6 is 0 Å². The molecule has 0 spiro atoms. The zero-order valence-electron chi connectivity index (χ0n) is 25.9. The second-order valence-electron chi connectivity index (χ2n) is 13.4. The van der Waals surface area contributed by atoms with Crippen molar-refractivity contribution in [2.75, 3.05) is 19.7 Å². The Morgan fingerprint density at radius 2 is 1.77 bits per heavy atom. The summed E-state index contributed by atoms with van der Waals surface area (Å²) in [4.78, 5) is 70.4. The molecule has 1 aromatic carbocycles. The number of fused-ring (bicyclic) bond motifs is 1. The van der Waals surface area contributed by atoms with Crippen LogP contribution in [0.15, 0.2) is 42.6 Å². The average Bonchev–Trinajstić information content (AvgIpc) is 3.80. The number of amides is 4. The van der Waals surface area contributed by atoms with E-state index in [1.165, 1.54) is 11.0 Å². The fraction of sp³-hybridized carbons (Fsp3) is 0.515. The molecule has 2 aromatic rings. The lowest BCUT2D eigenvalue weighted by Gasteiger charge is -2.31. The number of aromatic nitrogens is 1. The highest BCUT2D eigenvalue weighted by molar-refractivity contribution is 6.38. The Bertz CT molecular complexity index is 1570. The highest BCUT2D eigenvalue weighted by Gasteiger charge is 2.69.